The highest BCUT2D eigenvalue weighted by atomic mass is 35.5. The van der Waals surface area contributed by atoms with Crippen LogP contribution in [0.3, 0.4) is 0 Å². The fourth-order valence-electron chi connectivity index (χ4n) is 3.41. The van der Waals surface area contributed by atoms with E-state index in [1.165, 1.54) is 0 Å². The average molecular weight is 435 g/mol. The van der Waals surface area contributed by atoms with Gasteiger partial charge in [0.1, 0.15) is 0 Å². The van der Waals surface area contributed by atoms with Gasteiger partial charge in [0.2, 0.25) is 0 Å². The minimum Gasteiger partial charge on any atom is -0.306 e. The number of hydrogen-bond acceptors (Lipinski definition) is 3. The van der Waals surface area contributed by atoms with Crippen molar-refractivity contribution in [2.45, 2.75) is 13.5 Å². The number of Topliss-reactive ketones (excluding diaryl/α,β-unsaturated/α-hetero) is 1. The number of fused-ring (bicyclic) bond motifs is 1. The summed E-state index contributed by atoms with van der Waals surface area (Å²) < 4.78 is 0. The van der Waals surface area contributed by atoms with Crippen LogP contribution in [0.2, 0.25) is 10.0 Å². The molecule has 0 aliphatic carbocycles. The summed E-state index contributed by atoms with van der Waals surface area (Å²) in [6.07, 6.45) is 0. The highest BCUT2D eigenvalue weighted by Gasteiger charge is 2.16. The van der Waals surface area contributed by atoms with E-state index in [-0.39, 0.29) is 12.3 Å². The first-order valence-corrected chi connectivity index (χ1v) is 10.4. The number of halogens is 2. The Labute approximate surface area is 185 Å². The number of pyridine rings is 1. The molecular weight excluding hydrogens is 415 g/mol. The first-order valence-electron chi connectivity index (χ1n) is 9.66. The molecule has 30 heavy (non-hydrogen) atoms. The molecule has 1 aromatic heterocycles. The van der Waals surface area contributed by atoms with E-state index in [2.05, 4.69) is 5.32 Å². The lowest BCUT2D eigenvalue weighted by atomic mass is 9.99. The van der Waals surface area contributed by atoms with Gasteiger partial charge < -0.3 is 5.32 Å². The zero-order chi connectivity index (χ0) is 21.1. The molecule has 4 rings (SSSR count). The molecule has 0 radical (unpaired) electrons. The van der Waals surface area contributed by atoms with Crippen LogP contribution in [0.5, 0.6) is 0 Å². The summed E-state index contributed by atoms with van der Waals surface area (Å²) in [6.45, 7) is 2.78. The number of nitrogens with zero attached hydrogens (tertiary/aromatic N) is 1. The Morgan fingerprint density at radius 3 is 2.43 bits per heavy atom. The van der Waals surface area contributed by atoms with Gasteiger partial charge in [-0.2, -0.15) is 0 Å². The summed E-state index contributed by atoms with van der Waals surface area (Å²) in [5.41, 5.74) is 4.97. The third kappa shape index (κ3) is 4.39. The van der Waals surface area contributed by atoms with Gasteiger partial charge in [-0.25, -0.2) is 4.98 Å². The number of hydrogen-bond donors (Lipinski definition) is 1. The summed E-state index contributed by atoms with van der Waals surface area (Å²) in [4.78, 5) is 17.9. The normalized spacial score (nSPS) is 11.0. The van der Waals surface area contributed by atoms with E-state index >= 15 is 0 Å². The highest BCUT2D eigenvalue weighted by Crippen LogP contribution is 2.30. The van der Waals surface area contributed by atoms with E-state index in [0.717, 1.165) is 33.3 Å². The zero-order valence-electron chi connectivity index (χ0n) is 16.5. The Morgan fingerprint density at radius 2 is 1.70 bits per heavy atom. The van der Waals surface area contributed by atoms with Crippen molar-refractivity contribution < 1.29 is 4.79 Å². The maximum absolute atomic E-state index is 13.1. The molecule has 150 valence electrons. The van der Waals surface area contributed by atoms with Crippen molar-refractivity contribution in [2.24, 2.45) is 0 Å². The standard InChI is InChI=1S/C25H20Cl2N2O/c1-16-22(27)12-11-20-21(24(30)15-28-14-17-5-3-2-4-6-17)13-23(29-25(16)20)18-7-9-19(26)10-8-18/h2-13,28H,14-15H2,1H3. The SMILES string of the molecule is Cc1c(Cl)ccc2c(C(=O)CNCc3ccccc3)cc(-c3ccc(Cl)cc3)nc12. The smallest absolute Gasteiger partial charge is 0.177 e. The largest absolute Gasteiger partial charge is 0.306 e. The van der Waals surface area contributed by atoms with Crippen molar-refractivity contribution in [3.63, 3.8) is 0 Å². The van der Waals surface area contributed by atoms with Crippen LogP contribution < -0.4 is 5.32 Å². The molecule has 0 amide bonds. The molecule has 0 fully saturated rings. The molecule has 0 bridgehead atoms. The fraction of sp³-hybridized carbons (Fsp3) is 0.120. The number of ketones is 1. The third-order valence-corrected chi connectivity index (χ3v) is 5.73. The maximum Gasteiger partial charge on any atom is 0.177 e. The topological polar surface area (TPSA) is 42.0 Å². The lowest BCUT2D eigenvalue weighted by Crippen LogP contribution is -2.23. The quantitative estimate of drug-likeness (QED) is 0.352. The summed E-state index contributed by atoms with van der Waals surface area (Å²) in [5, 5.41) is 5.33. The van der Waals surface area contributed by atoms with Crippen molar-refractivity contribution in [3.8, 4) is 11.3 Å². The summed E-state index contributed by atoms with van der Waals surface area (Å²) in [5.74, 6) is 0.00951. The molecule has 3 nitrogen and oxygen atoms in total. The van der Waals surface area contributed by atoms with Gasteiger partial charge >= 0.3 is 0 Å². The molecular formula is C25H20Cl2N2O. The molecule has 1 N–H and O–H groups in total. The lowest BCUT2D eigenvalue weighted by molar-refractivity contribution is 0.0992. The molecule has 3 aromatic carbocycles. The molecule has 0 aliphatic heterocycles. The second kappa shape index (κ2) is 8.97. The average Bonchev–Trinajstić information content (AvgIpc) is 2.77. The molecule has 0 saturated heterocycles. The minimum absolute atomic E-state index is 0.00951. The predicted molar refractivity (Wildman–Crippen MR) is 124 cm³/mol. The van der Waals surface area contributed by atoms with E-state index in [0.29, 0.717) is 22.2 Å². The van der Waals surface area contributed by atoms with Crippen LogP contribution >= 0.6 is 23.2 Å². The van der Waals surface area contributed by atoms with Crippen molar-refractivity contribution in [2.75, 3.05) is 6.54 Å². The van der Waals surface area contributed by atoms with E-state index in [1.54, 1.807) is 0 Å². The molecule has 5 heteroatoms. The number of rotatable bonds is 6. The number of nitrogens with one attached hydrogen (secondary N) is 1. The Bertz CT molecular complexity index is 1210. The van der Waals surface area contributed by atoms with Crippen molar-refractivity contribution in [1.82, 2.24) is 10.3 Å². The first-order chi connectivity index (χ1) is 14.5. The highest BCUT2D eigenvalue weighted by molar-refractivity contribution is 6.32. The van der Waals surface area contributed by atoms with Crippen molar-refractivity contribution >= 4 is 39.9 Å². The molecule has 0 aliphatic rings. The summed E-state index contributed by atoms with van der Waals surface area (Å²) >= 11 is 12.4. The van der Waals surface area contributed by atoms with E-state index in [9.17, 15) is 4.79 Å². The number of aryl methyl sites for hydroxylation is 1. The van der Waals surface area contributed by atoms with E-state index < -0.39 is 0 Å². The van der Waals surface area contributed by atoms with E-state index in [4.69, 9.17) is 28.2 Å². The molecule has 0 spiro atoms. The molecule has 1 heterocycles. The number of carbonyl (C=O) groups is 1. The maximum atomic E-state index is 13.1. The van der Waals surface area contributed by atoms with Crippen LogP contribution in [0.4, 0.5) is 0 Å². The fourth-order valence-corrected chi connectivity index (χ4v) is 3.69. The summed E-state index contributed by atoms with van der Waals surface area (Å²) in [7, 11) is 0. The van der Waals surface area contributed by atoms with Gasteiger partial charge in [-0.05, 0) is 42.3 Å². The van der Waals surface area contributed by atoms with Crippen LogP contribution in [0.1, 0.15) is 21.5 Å². The van der Waals surface area contributed by atoms with Crippen LogP contribution in [0.25, 0.3) is 22.2 Å². The molecule has 0 saturated carbocycles. The van der Waals surface area contributed by atoms with Crippen LogP contribution in [0, 0.1) is 6.92 Å². The Kier molecular flexibility index (Phi) is 6.14. The number of aromatic nitrogens is 1. The van der Waals surface area contributed by atoms with Crippen LogP contribution in [-0.2, 0) is 6.54 Å². The zero-order valence-corrected chi connectivity index (χ0v) is 18.0. The Balaban J connectivity index is 1.70. The van der Waals surface area contributed by atoms with Gasteiger partial charge in [0.05, 0.1) is 17.8 Å². The van der Waals surface area contributed by atoms with Gasteiger partial charge in [0, 0.05) is 33.1 Å². The van der Waals surface area contributed by atoms with Gasteiger partial charge in [-0.3, -0.25) is 4.79 Å². The molecule has 0 atom stereocenters. The number of carbonyl (C=O) groups excluding carboxylic acids is 1. The second-order valence-electron chi connectivity index (χ2n) is 7.14. The monoisotopic (exact) mass is 434 g/mol. The Morgan fingerprint density at radius 1 is 0.967 bits per heavy atom. The molecule has 4 aromatic rings. The van der Waals surface area contributed by atoms with Gasteiger partial charge in [0.25, 0.3) is 0 Å². The second-order valence-corrected chi connectivity index (χ2v) is 7.99. The Hall–Kier alpha value is -2.72. The van der Waals surface area contributed by atoms with E-state index in [1.807, 2.05) is 79.7 Å². The number of benzene rings is 3. The van der Waals surface area contributed by atoms with Gasteiger partial charge in [-0.1, -0.05) is 71.7 Å². The summed E-state index contributed by atoms with van der Waals surface area (Å²) in [6, 6.07) is 23.0. The molecule has 0 unspecified atom stereocenters. The van der Waals surface area contributed by atoms with Crippen LogP contribution in [0.15, 0.2) is 72.8 Å². The van der Waals surface area contributed by atoms with Gasteiger partial charge in [0.15, 0.2) is 5.78 Å². The van der Waals surface area contributed by atoms with Crippen LogP contribution in [-0.4, -0.2) is 17.3 Å². The first kappa shape index (κ1) is 20.5. The van der Waals surface area contributed by atoms with Crippen molar-refractivity contribution in [3.05, 3.63) is 99.5 Å². The van der Waals surface area contributed by atoms with Crippen molar-refractivity contribution in [1.29, 1.82) is 0 Å². The van der Waals surface area contributed by atoms with Gasteiger partial charge in [-0.15, -0.1) is 0 Å². The predicted octanol–water partition coefficient (Wildman–Crippen LogP) is 6.49. The third-order valence-electron chi connectivity index (χ3n) is 5.07. The lowest BCUT2D eigenvalue weighted by Gasteiger charge is -2.12. The minimum atomic E-state index is 0.00951.